The van der Waals surface area contributed by atoms with Crippen molar-refractivity contribution in [3.05, 3.63) is 0 Å². The van der Waals surface area contributed by atoms with Gasteiger partial charge in [-0.15, -0.1) is 0 Å². The lowest BCUT2D eigenvalue weighted by Crippen LogP contribution is -2.37. The minimum absolute atomic E-state index is 0.0229. The molecule has 0 bridgehead atoms. The fraction of sp³-hybridized carbons (Fsp3) is 0.900. The molecule has 0 aromatic carbocycles. The highest BCUT2D eigenvalue weighted by atomic mass is 16.5. The van der Waals surface area contributed by atoms with E-state index in [9.17, 15) is 4.79 Å². The summed E-state index contributed by atoms with van der Waals surface area (Å²) in [6, 6.07) is 0.0229. The van der Waals surface area contributed by atoms with E-state index in [2.05, 4.69) is 9.80 Å². The monoisotopic (exact) mass is 213 g/mol. The number of nitrogens with two attached hydrogens (primary N) is 1. The molecule has 1 amide bonds. The minimum atomic E-state index is -0.179. The first kappa shape index (κ1) is 10.9. The molecule has 0 aromatic rings. The number of amides is 1. The number of rotatable bonds is 5. The van der Waals surface area contributed by atoms with Crippen LogP contribution in [0.1, 0.15) is 6.42 Å². The summed E-state index contributed by atoms with van der Waals surface area (Å²) in [5.74, 6) is -0.179. The van der Waals surface area contributed by atoms with Crippen molar-refractivity contribution in [1.29, 1.82) is 0 Å². The summed E-state index contributed by atoms with van der Waals surface area (Å²) in [7, 11) is 0. The van der Waals surface area contributed by atoms with Crippen LogP contribution in [0, 0.1) is 0 Å². The highest BCUT2D eigenvalue weighted by molar-refractivity contribution is 5.82. The van der Waals surface area contributed by atoms with E-state index in [-0.39, 0.29) is 11.9 Å². The van der Waals surface area contributed by atoms with Gasteiger partial charge in [-0.2, -0.15) is 0 Å². The fourth-order valence-electron chi connectivity index (χ4n) is 2.01. The van der Waals surface area contributed by atoms with Crippen LogP contribution in [0.4, 0.5) is 0 Å². The summed E-state index contributed by atoms with van der Waals surface area (Å²) in [5, 5.41) is 0. The van der Waals surface area contributed by atoms with E-state index in [1.54, 1.807) is 0 Å². The van der Waals surface area contributed by atoms with Crippen LogP contribution < -0.4 is 5.73 Å². The minimum Gasteiger partial charge on any atom is -0.379 e. The Balaban J connectivity index is 1.54. The van der Waals surface area contributed by atoms with Gasteiger partial charge in [0.1, 0.15) is 6.04 Å². The van der Waals surface area contributed by atoms with Gasteiger partial charge in [0, 0.05) is 26.2 Å². The molecule has 0 radical (unpaired) electrons. The standard InChI is InChI=1S/C10H19N3O2/c11-10(14)9-8-13(9)3-1-2-12-4-6-15-7-5-12/h9H,1-8H2,(H2,11,14). The van der Waals surface area contributed by atoms with E-state index in [0.29, 0.717) is 0 Å². The molecule has 0 saturated carbocycles. The van der Waals surface area contributed by atoms with Gasteiger partial charge in [0.05, 0.1) is 13.2 Å². The third-order valence-electron chi connectivity index (χ3n) is 3.07. The van der Waals surface area contributed by atoms with Crippen molar-refractivity contribution in [3.8, 4) is 0 Å². The number of ether oxygens (including phenoxy) is 1. The molecule has 15 heavy (non-hydrogen) atoms. The number of carbonyl (C=O) groups is 1. The first-order chi connectivity index (χ1) is 7.27. The second-order valence-corrected chi connectivity index (χ2v) is 4.22. The predicted molar refractivity (Wildman–Crippen MR) is 56.4 cm³/mol. The van der Waals surface area contributed by atoms with Gasteiger partial charge >= 0.3 is 0 Å². The van der Waals surface area contributed by atoms with Crippen LogP contribution in [-0.2, 0) is 9.53 Å². The number of hydrogen-bond donors (Lipinski definition) is 1. The second kappa shape index (κ2) is 4.92. The summed E-state index contributed by atoms with van der Waals surface area (Å²) < 4.78 is 5.27. The largest absolute Gasteiger partial charge is 0.379 e. The SMILES string of the molecule is NC(=O)C1CN1CCCN1CCOCC1. The molecule has 86 valence electrons. The van der Waals surface area contributed by atoms with Crippen LogP contribution in [0.25, 0.3) is 0 Å². The third kappa shape index (κ3) is 3.15. The van der Waals surface area contributed by atoms with Gasteiger partial charge in [0.15, 0.2) is 0 Å². The Kier molecular flexibility index (Phi) is 3.56. The molecular weight excluding hydrogens is 194 g/mol. The van der Waals surface area contributed by atoms with Gasteiger partial charge in [-0.25, -0.2) is 0 Å². The molecule has 2 aliphatic rings. The molecule has 2 N–H and O–H groups in total. The quantitative estimate of drug-likeness (QED) is 0.588. The van der Waals surface area contributed by atoms with Crippen LogP contribution in [-0.4, -0.2) is 67.7 Å². The van der Waals surface area contributed by atoms with E-state index in [1.165, 1.54) is 0 Å². The van der Waals surface area contributed by atoms with Gasteiger partial charge in [0.25, 0.3) is 0 Å². The molecule has 0 aromatic heterocycles. The third-order valence-corrected chi connectivity index (χ3v) is 3.07. The molecule has 2 atom stereocenters. The Bertz CT molecular complexity index is 229. The summed E-state index contributed by atoms with van der Waals surface area (Å²) in [6.45, 7) is 6.74. The molecule has 2 fully saturated rings. The van der Waals surface area contributed by atoms with E-state index in [1.807, 2.05) is 0 Å². The lowest BCUT2D eigenvalue weighted by Gasteiger charge is -2.26. The fourth-order valence-corrected chi connectivity index (χ4v) is 2.01. The van der Waals surface area contributed by atoms with Crippen LogP contribution in [0.3, 0.4) is 0 Å². The second-order valence-electron chi connectivity index (χ2n) is 4.22. The number of primary amides is 1. The van der Waals surface area contributed by atoms with Crippen LogP contribution in [0.2, 0.25) is 0 Å². The zero-order valence-electron chi connectivity index (χ0n) is 9.02. The van der Waals surface area contributed by atoms with Gasteiger partial charge in [-0.3, -0.25) is 14.6 Å². The van der Waals surface area contributed by atoms with Gasteiger partial charge in [-0.1, -0.05) is 0 Å². The Labute approximate surface area is 90.1 Å². The maximum absolute atomic E-state index is 10.8. The topological polar surface area (TPSA) is 58.6 Å². The number of morpholine rings is 1. The van der Waals surface area contributed by atoms with E-state index in [0.717, 1.165) is 52.4 Å². The summed E-state index contributed by atoms with van der Waals surface area (Å²) in [6.07, 6.45) is 1.11. The predicted octanol–water partition coefficient (Wildman–Crippen LogP) is -1.12. The molecule has 0 spiro atoms. The van der Waals surface area contributed by atoms with Crippen molar-refractivity contribution in [2.45, 2.75) is 12.5 Å². The van der Waals surface area contributed by atoms with Crippen molar-refractivity contribution in [2.24, 2.45) is 5.73 Å². The summed E-state index contributed by atoms with van der Waals surface area (Å²) >= 11 is 0. The molecule has 2 unspecified atom stereocenters. The molecule has 0 aliphatic carbocycles. The van der Waals surface area contributed by atoms with Crippen molar-refractivity contribution in [2.75, 3.05) is 45.9 Å². The zero-order valence-corrected chi connectivity index (χ0v) is 9.02. The van der Waals surface area contributed by atoms with E-state index >= 15 is 0 Å². The van der Waals surface area contributed by atoms with Gasteiger partial charge in [-0.05, 0) is 13.0 Å². The highest BCUT2D eigenvalue weighted by Crippen LogP contribution is 2.16. The first-order valence-corrected chi connectivity index (χ1v) is 5.61. The van der Waals surface area contributed by atoms with Gasteiger partial charge < -0.3 is 10.5 Å². The molecule has 2 heterocycles. The van der Waals surface area contributed by atoms with E-state index in [4.69, 9.17) is 10.5 Å². The Morgan fingerprint density at radius 2 is 2.07 bits per heavy atom. The van der Waals surface area contributed by atoms with Crippen LogP contribution in [0.15, 0.2) is 0 Å². The van der Waals surface area contributed by atoms with Crippen LogP contribution in [0.5, 0.6) is 0 Å². The van der Waals surface area contributed by atoms with Gasteiger partial charge in [0.2, 0.25) is 5.91 Å². The van der Waals surface area contributed by atoms with Crippen molar-refractivity contribution in [1.82, 2.24) is 9.80 Å². The normalized spacial score (nSPS) is 31.5. The molecule has 2 saturated heterocycles. The Hall–Kier alpha value is -0.650. The summed E-state index contributed by atoms with van der Waals surface area (Å²) in [4.78, 5) is 15.3. The lowest BCUT2D eigenvalue weighted by atomic mass is 10.3. The average molecular weight is 213 g/mol. The lowest BCUT2D eigenvalue weighted by molar-refractivity contribution is -0.118. The Morgan fingerprint density at radius 3 is 2.67 bits per heavy atom. The first-order valence-electron chi connectivity index (χ1n) is 5.61. The highest BCUT2D eigenvalue weighted by Gasteiger charge is 2.37. The van der Waals surface area contributed by atoms with Crippen molar-refractivity contribution in [3.63, 3.8) is 0 Å². The molecule has 2 aliphatic heterocycles. The average Bonchev–Trinajstić information content (AvgIpc) is 2.99. The number of carbonyl (C=O) groups excluding carboxylic acids is 1. The zero-order chi connectivity index (χ0) is 10.7. The van der Waals surface area contributed by atoms with E-state index < -0.39 is 0 Å². The summed E-state index contributed by atoms with van der Waals surface area (Å²) in [5.41, 5.74) is 5.20. The Morgan fingerprint density at radius 1 is 1.33 bits per heavy atom. The van der Waals surface area contributed by atoms with Crippen LogP contribution >= 0.6 is 0 Å². The number of hydrogen-bond acceptors (Lipinski definition) is 4. The number of nitrogens with zero attached hydrogens (tertiary/aromatic N) is 2. The molecule has 5 nitrogen and oxygen atoms in total. The maximum Gasteiger partial charge on any atom is 0.236 e. The molecular formula is C10H19N3O2. The van der Waals surface area contributed by atoms with Crippen molar-refractivity contribution < 1.29 is 9.53 Å². The van der Waals surface area contributed by atoms with Crippen molar-refractivity contribution >= 4 is 5.91 Å². The smallest absolute Gasteiger partial charge is 0.236 e. The maximum atomic E-state index is 10.8. The molecule has 2 rings (SSSR count). The molecule has 5 heteroatoms.